The maximum atomic E-state index is 13.5. The molecule has 0 saturated heterocycles. The molecule has 9 heteroatoms. The van der Waals surface area contributed by atoms with Crippen LogP contribution in [0.25, 0.3) is 0 Å². The minimum absolute atomic E-state index is 0.0682. The number of carbonyl (C=O) groups excluding carboxylic acids is 3. The molecule has 2 aliphatic rings. The third-order valence-electron chi connectivity index (χ3n) is 6.71. The third kappa shape index (κ3) is 4.48. The molecule has 3 atom stereocenters. The van der Waals surface area contributed by atoms with Gasteiger partial charge in [-0.3, -0.25) is 19.5 Å². The van der Waals surface area contributed by atoms with Gasteiger partial charge >= 0.3 is 0 Å². The molecule has 0 saturated carbocycles. The lowest BCUT2D eigenvalue weighted by molar-refractivity contribution is -0.127. The average molecular weight is 536 g/mol. The number of aromatic nitrogens is 2. The molecule has 0 fully saturated rings. The van der Waals surface area contributed by atoms with Crippen molar-refractivity contribution in [3.05, 3.63) is 81.1 Å². The zero-order valence-corrected chi connectivity index (χ0v) is 21.0. The minimum Gasteiger partial charge on any atom is -0.350 e. The summed E-state index contributed by atoms with van der Waals surface area (Å²) in [5, 5.41) is 16.1. The number of nitrogens with one attached hydrogen (secondary N) is 4. The number of anilines is 1. The number of hydrogen-bond donors (Lipinski definition) is 4. The van der Waals surface area contributed by atoms with Crippen molar-refractivity contribution in [1.29, 1.82) is 0 Å². The zero-order chi connectivity index (χ0) is 24.7. The van der Waals surface area contributed by atoms with E-state index in [1.807, 2.05) is 50.2 Å². The van der Waals surface area contributed by atoms with E-state index >= 15 is 0 Å². The molecule has 0 spiro atoms. The van der Waals surface area contributed by atoms with Gasteiger partial charge in [-0.1, -0.05) is 54.0 Å². The molecule has 1 aliphatic heterocycles. The van der Waals surface area contributed by atoms with Gasteiger partial charge in [-0.15, -0.1) is 0 Å². The van der Waals surface area contributed by atoms with Gasteiger partial charge in [-0.25, -0.2) is 0 Å². The van der Waals surface area contributed by atoms with Crippen LogP contribution < -0.4 is 16.0 Å². The summed E-state index contributed by atoms with van der Waals surface area (Å²) in [7, 11) is 0. The molecular formula is C26H26BrN5O3. The van der Waals surface area contributed by atoms with Crippen LogP contribution in [0.4, 0.5) is 5.69 Å². The summed E-state index contributed by atoms with van der Waals surface area (Å²) in [6.45, 7) is 3.99. The van der Waals surface area contributed by atoms with Crippen LogP contribution in [0.2, 0.25) is 0 Å². The van der Waals surface area contributed by atoms with Crippen molar-refractivity contribution < 1.29 is 14.4 Å². The SMILES string of the molecule is CC(C)c1[nH]ncc1C(=O)N[C@@H]1c2ccccc2C[C@H]1NC(=O)C1CC(=O)Nc2ccc(Br)cc21. The van der Waals surface area contributed by atoms with E-state index in [-0.39, 0.29) is 36.1 Å². The molecule has 1 aromatic heterocycles. The van der Waals surface area contributed by atoms with E-state index in [1.54, 1.807) is 6.07 Å². The van der Waals surface area contributed by atoms with E-state index in [4.69, 9.17) is 0 Å². The van der Waals surface area contributed by atoms with Crippen LogP contribution in [0.5, 0.6) is 0 Å². The van der Waals surface area contributed by atoms with Crippen LogP contribution in [0, 0.1) is 0 Å². The van der Waals surface area contributed by atoms with Crippen molar-refractivity contribution in [2.45, 2.75) is 50.6 Å². The van der Waals surface area contributed by atoms with Gasteiger partial charge in [0.1, 0.15) is 0 Å². The Morgan fingerprint density at radius 1 is 1.09 bits per heavy atom. The van der Waals surface area contributed by atoms with Crippen molar-refractivity contribution >= 4 is 39.3 Å². The molecule has 1 aliphatic carbocycles. The number of H-pyrrole nitrogens is 1. The normalized spacial score (nSPS) is 20.7. The van der Waals surface area contributed by atoms with Gasteiger partial charge < -0.3 is 16.0 Å². The number of amides is 3. The second kappa shape index (κ2) is 9.30. The first-order valence-corrected chi connectivity index (χ1v) is 12.4. The molecule has 35 heavy (non-hydrogen) atoms. The van der Waals surface area contributed by atoms with Crippen LogP contribution in [0.15, 0.2) is 53.1 Å². The standard InChI is InChI=1S/C26H26BrN5O3/c1-13(2)23-19(12-28-32-23)26(35)31-24-16-6-4-3-5-14(16)9-21(24)30-25(34)18-11-22(33)29-20-8-7-15(27)10-17(18)20/h3-8,10,12-13,18,21,24H,9,11H2,1-2H3,(H,28,32)(H,29,33)(H,30,34)(H,31,35)/t18?,21-,24-/m1/s1. The molecule has 180 valence electrons. The first-order chi connectivity index (χ1) is 16.8. The van der Waals surface area contributed by atoms with E-state index < -0.39 is 12.0 Å². The highest BCUT2D eigenvalue weighted by atomic mass is 79.9. The molecule has 3 amide bonds. The van der Waals surface area contributed by atoms with E-state index in [0.717, 1.165) is 26.9 Å². The monoisotopic (exact) mass is 535 g/mol. The number of benzene rings is 2. The summed E-state index contributed by atoms with van der Waals surface area (Å²) < 4.78 is 0.838. The fourth-order valence-electron chi connectivity index (χ4n) is 4.99. The van der Waals surface area contributed by atoms with Crippen LogP contribution in [-0.4, -0.2) is 34.0 Å². The maximum absolute atomic E-state index is 13.5. The summed E-state index contributed by atoms with van der Waals surface area (Å²) in [6, 6.07) is 12.6. The summed E-state index contributed by atoms with van der Waals surface area (Å²) in [5.41, 5.74) is 4.73. The smallest absolute Gasteiger partial charge is 0.255 e. The highest BCUT2D eigenvalue weighted by Crippen LogP contribution is 2.36. The molecular weight excluding hydrogens is 510 g/mol. The fourth-order valence-corrected chi connectivity index (χ4v) is 5.37. The molecule has 3 aromatic rings. The summed E-state index contributed by atoms with van der Waals surface area (Å²) in [4.78, 5) is 39.0. The Hall–Kier alpha value is -3.46. The molecule has 5 rings (SSSR count). The van der Waals surface area contributed by atoms with Crippen molar-refractivity contribution in [2.24, 2.45) is 0 Å². The van der Waals surface area contributed by atoms with Gasteiger partial charge in [-0.05, 0) is 47.2 Å². The summed E-state index contributed by atoms with van der Waals surface area (Å²) in [6.07, 6.45) is 2.19. The first-order valence-electron chi connectivity index (χ1n) is 11.6. The molecule has 0 radical (unpaired) electrons. The highest BCUT2D eigenvalue weighted by Gasteiger charge is 2.38. The predicted octanol–water partition coefficient (Wildman–Crippen LogP) is 3.93. The number of hydrogen-bond acceptors (Lipinski definition) is 4. The average Bonchev–Trinajstić information content (AvgIpc) is 3.44. The van der Waals surface area contributed by atoms with Gasteiger partial charge in [0, 0.05) is 16.6 Å². The number of carbonyl (C=O) groups is 3. The van der Waals surface area contributed by atoms with Crippen molar-refractivity contribution in [2.75, 3.05) is 5.32 Å². The number of nitrogens with zero attached hydrogens (tertiary/aromatic N) is 1. The summed E-state index contributed by atoms with van der Waals surface area (Å²) >= 11 is 3.46. The van der Waals surface area contributed by atoms with Gasteiger partial charge in [0.25, 0.3) is 5.91 Å². The van der Waals surface area contributed by atoms with Crippen LogP contribution >= 0.6 is 15.9 Å². The van der Waals surface area contributed by atoms with Gasteiger partial charge in [0.05, 0.1) is 35.5 Å². The fraction of sp³-hybridized carbons (Fsp3) is 0.308. The molecule has 8 nitrogen and oxygen atoms in total. The van der Waals surface area contributed by atoms with Gasteiger partial charge in [-0.2, -0.15) is 5.10 Å². The number of halogens is 1. The van der Waals surface area contributed by atoms with Gasteiger partial charge in [0.2, 0.25) is 11.8 Å². The third-order valence-corrected chi connectivity index (χ3v) is 7.20. The predicted molar refractivity (Wildman–Crippen MR) is 135 cm³/mol. The lowest BCUT2D eigenvalue weighted by Crippen LogP contribution is -2.47. The Kier molecular flexibility index (Phi) is 6.19. The van der Waals surface area contributed by atoms with E-state index in [9.17, 15) is 14.4 Å². The molecule has 0 bridgehead atoms. The summed E-state index contributed by atoms with van der Waals surface area (Å²) in [5.74, 6) is -1.17. The van der Waals surface area contributed by atoms with Crippen LogP contribution in [-0.2, 0) is 16.0 Å². The molecule has 2 aromatic carbocycles. The Morgan fingerprint density at radius 2 is 1.89 bits per heavy atom. The van der Waals surface area contributed by atoms with E-state index in [2.05, 4.69) is 42.1 Å². The largest absolute Gasteiger partial charge is 0.350 e. The van der Waals surface area contributed by atoms with E-state index in [0.29, 0.717) is 17.7 Å². The lowest BCUT2D eigenvalue weighted by Gasteiger charge is -2.28. The molecule has 4 N–H and O–H groups in total. The maximum Gasteiger partial charge on any atom is 0.255 e. The van der Waals surface area contributed by atoms with Crippen molar-refractivity contribution in [3.8, 4) is 0 Å². The quantitative estimate of drug-likeness (QED) is 0.396. The Labute approximate surface area is 211 Å². The first kappa shape index (κ1) is 23.3. The number of rotatable bonds is 5. The van der Waals surface area contributed by atoms with E-state index in [1.165, 1.54) is 6.20 Å². The molecule has 2 heterocycles. The Bertz CT molecular complexity index is 1320. The Balaban J connectivity index is 1.41. The van der Waals surface area contributed by atoms with Crippen LogP contribution in [0.1, 0.15) is 70.9 Å². The van der Waals surface area contributed by atoms with Crippen molar-refractivity contribution in [3.63, 3.8) is 0 Å². The molecule has 1 unspecified atom stereocenters. The Morgan fingerprint density at radius 3 is 2.69 bits per heavy atom. The zero-order valence-electron chi connectivity index (χ0n) is 19.4. The van der Waals surface area contributed by atoms with Crippen molar-refractivity contribution in [1.82, 2.24) is 20.8 Å². The number of fused-ring (bicyclic) bond motifs is 2. The highest BCUT2D eigenvalue weighted by molar-refractivity contribution is 9.10. The second-order valence-electron chi connectivity index (χ2n) is 9.36. The topological polar surface area (TPSA) is 116 Å². The lowest BCUT2D eigenvalue weighted by atomic mass is 9.89. The minimum atomic E-state index is -0.613. The second-order valence-corrected chi connectivity index (χ2v) is 10.3. The van der Waals surface area contributed by atoms with Crippen LogP contribution in [0.3, 0.4) is 0 Å². The van der Waals surface area contributed by atoms with Gasteiger partial charge in [0.15, 0.2) is 0 Å². The number of aromatic amines is 1.